The van der Waals surface area contributed by atoms with Crippen molar-refractivity contribution >= 4 is 17.5 Å². The van der Waals surface area contributed by atoms with Crippen molar-refractivity contribution in [2.45, 2.75) is 19.4 Å². The van der Waals surface area contributed by atoms with Crippen molar-refractivity contribution in [1.29, 1.82) is 0 Å². The first-order valence-corrected chi connectivity index (χ1v) is 7.13. The number of anilines is 1. The summed E-state index contributed by atoms with van der Waals surface area (Å²) in [6, 6.07) is 9.13. The van der Waals surface area contributed by atoms with Gasteiger partial charge in [-0.15, -0.1) is 0 Å². The standard InChI is InChI=1S/C17H15NO3/c1-10-9-13-14(15-12(10)7-8-21-15)17(20)18(16(13)19)11-5-3-2-4-6-11/h2-8,13-15H,9H2,1H3/t13-,14-,15?/m1/s1. The Balaban J connectivity index is 1.76. The Bertz CT molecular complexity index is 689. The molecule has 2 heterocycles. The monoisotopic (exact) mass is 281 g/mol. The molecular weight excluding hydrogens is 266 g/mol. The maximum absolute atomic E-state index is 12.8. The lowest BCUT2D eigenvalue weighted by molar-refractivity contribution is -0.123. The number of allylic oxidation sites excluding steroid dienone is 1. The van der Waals surface area contributed by atoms with Crippen LogP contribution in [0.25, 0.3) is 0 Å². The molecule has 3 atom stereocenters. The average molecular weight is 281 g/mol. The molecule has 0 aromatic heterocycles. The summed E-state index contributed by atoms with van der Waals surface area (Å²) in [5.41, 5.74) is 2.85. The SMILES string of the molecule is CC1=C2C=COC2[C@@H]2C(=O)N(c3ccccc3)C(=O)[C@@H]2C1. The lowest BCUT2D eigenvalue weighted by Gasteiger charge is -2.28. The lowest BCUT2D eigenvalue weighted by atomic mass is 9.76. The van der Waals surface area contributed by atoms with Crippen molar-refractivity contribution in [3.8, 4) is 0 Å². The summed E-state index contributed by atoms with van der Waals surface area (Å²) >= 11 is 0. The molecule has 0 spiro atoms. The quantitative estimate of drug-likeness (QED) is 0.743. The van der Waals surface area contributed by atoms with Crippen LogP contribution in [0, 0.1) is 11.8 Å². The number of amides is 2. The Labute approximate surface area is 122 Å². The van der Waals surface area contributed by atoms with Crippen LogP contribution in [0.3, 0.4) is 0 Å². The molecular formula is C17H15NO3. The summed E-state index contributed by atoms with van der Waals surface area (Å²) in [5.74, 6) is -0.947. The van der Waals surface area contributed by atoms with E-state index in [4.69, 9.17) is 4.74 Å². The molecule has 0 radical (unpaired) electrons. The van der Waals surface area contributed by atoms with Crippen LogP contribution in [0.15, 0.2) is 53.8 Å². The van der Waals surface area contributed by atoms with E-state index in [0.717, 1.165) is 11.1 Å². The van der Waals surface area contributed by atoms with Gasteiger partial charge in [-0.1, -0.05) is 23.8 Å². The van der Waals surface area contributed by atoms with E-state index in [1.165, 1.54) is 4.90 Å². The predicted molar refractivity (Wildman–Crippen MR) is 77.2 cm³/mol. The fraction of sp³-hybridized carbons (Fsp3) is 0.294. The number of carbonyl (C=O) groups excluding carboxylic acids is 2. The Morgan fingerprint density at radius 2 is 1.90 bits per heavy atom. The number of hydrogen-bond acceptors (Lipinski definition) is 3. The van der Waals surface area contributed by atoms with Crippen molar-refractivity contribution in [3.05, 3.63) is 53.8 Å². The lowest BCUT2D eigenvalue weighted by Crippen LogP contribution is -2.36. The highest BCUT2D eigenvalue weighted by atomic mass is 16.5. The van der Waals surface area contributed by atoms with Gasteiger partial charge in [0.2, 0.25) is 11.8 Å². The minimum Gasteiger partial charge on any atom is -0.492 e. The second-order valence-corrected chi connectivity index (χ2v) is 5.78. The number of hydrogen-bond donors (Lipinski definition) is 0. The van der Waals surface area contributed by atoms with E-state index in [1.54, 1.807) is 18.4 Å². The largest absolute Gasteiger partial charge is 0.492 e. The van der Waals surface area contributed by atoms with Gasteiger partial charge < -0.3 is 4.74 Å². The van der Waals surface area contributed by atoms with Crippen LogP contribution in [-0.4, -0.2) is 17.9 Å². The van der Waals surface area contributed by atoms with Gasteiger partial charge in [0.25, 0.3) is 0 Å². The summed E-state index contributed by atoms with van der Waals surface area (Å²) in [4.78, 5) is 26.8. The number of nitrogens with zero attached hydrogens (tertiary/aromatic N) is 1. The highest BCUT2D eigenvalue weighted by Gasteiger charge is 2.55. The average Bonchev–Trinajstić information content (AvgIpc) is 3.05. The minimum absolute atomic E-state index is 0.106. The third kappa shape index (κ3) is 1.62. The molecule has 0 saturated carbocycles. The second-order valence-electron chi connectivity index (χ2n) is 5.78. The number of ether oxygens (including phenoxy) is 1. The summed E-state index contributed by atoms with van der Waals surface area (Å²) in [6.07, 6.45) is 3.89. The van der Waals surface area contributed by atoms with Crippen LogP contribution in [0.4, 0.5) is 5.69 Å². The number of carbonyl (C=O) groups is 2. The maximum atomic E-state index is 12.8. The molecule has 4 rings (SSSR count). The fourth-order valence-corrected chi connectivity index (χ4v) is 3.61. The molecule has 106 valence electrons. The van der Waals surface area contributed by atoms with Crippen molar-refractivity contribution < 1.29 is 14.3 Å². The zero-order chi connectivity index (χ0) is 14.6. The molecule has 0 N–H and O–H groups in total. The molecule has 2 amide bonds. The van der Waals surface area contributed by atoms with Crippen LogP contribution in [0.5, 0.6) is 0 Å². The van der Waals surface area contributed by atoms with Crippen molar-refractivity contribution in [3.63, 3.8) is 0 Å². The maximum Gasteiger partial charge on any atom is 0.241 e. The zero-order valence-corrected chi connectivity index (χ0v) is 11.7. The normalized spacial score (nSPS) is 30.5. The van der Waals surface area contributed by atoms with Gasteiger partial charge in [0.1, 0.15) is 6.10 Å². The van der Waals surface area contributed by atoms with E-state index >= 15 is 0 Å². The van der Waals surface area contributed by atoms with Gasteiger partial charge in [0.05, 0.1) is 23.8 Å². The van der Waals surface area contributed by atoms with Crippen molar-refractivity contribution in [2.24, 2.45) is 11.8 Å². The van der Waals surface area contributed by atoms with Crippen molar-refractivity contribution in [1.82, 2.24) is 0 Å². The van der Waals surface area contributed by atoms with E-state index in [0.29, 0.717) is 12.1 Å². The number of imide groups is 1. The van der Waals surface area contributed by atoms with Gasteiger partial charge in [0, 0.05) is 0 Å². The Hall–Kier alpha value is -2.36. The molecule has 0 bridgehead atoms. The molecule has 1 aromatic carbocycles. The first-order valence-electron chi connectivity index (χ1n) is 7.13. The molecule has 21 heavy (non-hydrogen) atoms. The predicted octanol–water partition coefficient (Wildman–Crippen LogP) is 2.42. The first-order chi connectivity index (χ1) is 10.2. The third-order valence-corrected chi connectivity index (χ3v) is 4.62. The van der Waals surface area contributed by atoms with Crippen LogP contribution >= 0.6 is 0 Å². The highest BCUT2D eigenvalue weighted by molar-refractivity contribution is 6.22. The van der Waals surface area contributed by atoms with Crippen LogP contribution in [-0.2, 0) is 14.3 Å². The molecule has 1 saturated heterocycles. The van der Waals surface area contributed by atoms with E-state index in [9.17, 15) is 9.59 Å². The van der Waals surface area contributed by atoms with E-state index < -0.39 is 5.92 Å². The van der Waals surface area contributed by atoms with Gasteiger partial charge in [0.15, 0.2) is 0 Å². The summed E-state index contributed by atoms with van der Waals surface area (Å²) < 4.78 is 5.61. The number of rotatable bonds is 1. The fourth-order valence-electron chi connectivity index (χ4n) is 3.61. The Kier molecular flexibility index (Phi) is 2.55. The van der Waals surface area contributed by atoms with Gasteiger partial charge in [-0.05, 0) is 37.1 Å². The van der Waals surface area contributed by atoms with Crippen LogP contribution in [0.2, 0.25) is 0 Å². The molecule has 1 aromatic rings. The van der Waals surface area contributed by atoms with Gasteiger partial charge in [-0.2, -0.15) is 0 Å². The van der Waals surface area contributed by atoms with Gasteiger partial charge >= 0.3 is 0 Å². The molecule has 4 nitrogen and oxygen atoms in total. The third-order valence-electron chi connectivity index (χ3n) is 4.62. The van der Waals surface area contributed by atoms with E-state index in [1.807, 2.05) is 31.2 Å². The highest BCUT2D eigenvalue weighted by Crippen LogP contribution is 2.45. The molecule has 1 unspecified atom stereocenters. The second kappa shape index (κ2) is 4.32. The minimum atomic E-state index is -0.397. The van der Waals surface area contributed by atoms with E-state index in [2.05, 4.69) is 0 Å². The molecule has 1 aliphatic carbocycles. The Morgan fingerprint density at radius 1 is 1.14 bits per heavy atom. The first kappa shape index (κ1) is 12.4. The molecule has 4 heteroatoms. The summed E-state index contributed by atoms with van der Waals surface area (Å²) in [6.45, 7) is 2.01. The topological polar surface area (TPSA) is 46.6 Å². The van der Waals surface area contributed by atoms with Crippen LogP contribution in [0.1, 0.15) is 13.3 Å². The van der Waals surface area contributed by atoms with Crippen molar-refractivity contribution in [2.75, 3.05) is 4.90 Å². The van der Waals surface area contributed by atoms with Gasteiger partial charge in [-0.25, -0.2) is 4.90 Å². The number of para-hydroxylation sites is 1. The van der Waals surface area contributed by atoms with Gasteiger partial charge in [-0.3, -0.25) is 9.59 Å². The smallest absolute Gasteiger partial charge is 0.241 e. The number of benzene rings is 1. The summed E-state index contributed by atoms with van der Waals surface area (Å²) in [5, 5.41) is 0. The number of fused-ring (bicyclic) bond motifs is 3. The molecule has 1 fully saturated rings. The molecule has 2 aliphatic heterocycles. The Morgan fingerprint density at radius 3 is 2.67 bits per heavy atom. The molecule has 3 aliphatic rings. The summed E-state index contributed by atoms with van der Waals surface area (Å²) in [7, 11) is 0. The van der Waals surface area contributed by atoms with Crippen LogP contribution < -0.4 is 4.90 Å². The zero-order valence-electron chi connectivity index (χ0n) is 11.7. The van der Waals surface area contributed by atoms with E-state index in [-0.39, 0.29) is 23.8 Å².